The number of carbonyl (C=O) groups is 1. The molecule has 1 unspecified atom stereocenters. The molecule has 0 bridgehead atoms. The van der Waals surface area contributed by atoms with Crippen LogP contribution in [0.25, 0.3) is 0 Å². The summed E-state index contributed by atoms with van der Waals surface area (Å²) >= 11 is 1.59. The van der Waals surface area contributed by atoms with Crippen LogP contribution >= 0.6 is 11.8 Å². The zero-order chi connectivity index (χ0) is 12.2. The summed E-state index contributed by atoms with van der Waals surface area (Å²) in [5.74, 6) is 0.378. The fourth-order valence-corrected chi connectivity index (χ4v) is 1.96. The van der Waals surface area contributed by atoms with Gasteiger partial charge in [-0.15, -0.1) is 10.2 Å². The van der Waals surface area contributed by atoms with Gasteiger partial charge in [-0.05, 0) is 19.8 Å². The Labute approximate surface area is 98.8 Å². The van der Waals surface area contributed by atoms with Crippen molar-refractivity contribution < 1.29 is 4.79 Å². The summed E-state index contributed by atoms with van der Waals surface area (Å²) in [6, 6.07) is 0. The van der Waals surface area contributed by atoms with Gasteiger partial charge < -0.3 is 16.0 Å². The Bertz CT molecular complexity index is 363. The second-order valence-electron chi connectivity index (χ2n) is 3.96. The minimum Gasteiger partial charge on any atom is -0.368 e. The van der Waals surface area contributed by atoms with Crippen LogP contribution in [0.15, 0.2) is 11.5 Å². The Kier molecular flexibility index (Phi) is 4.31. The largest absolute Gasteiger partial charge is 0.368 e. The van der Waals surface area contributed by atoms with Crippen LogP contribution in [0.5, 0.6) is 0 Å². The molecule has 7 heteroatoms. The van der Waals surface area contributed by atoms with Crippen LogP contribution in [-0.4, -0.2) is 32.0 Å². The van der Waals surface area contributed by atoms with Gasteiger partial charge in [0, 0.05) is 12.8 Å². The van der Waals surface area contributed by atoms with Crippen LogP contribution in [0.2, 0.25) is 0 Å². The number of nitrogens with two attached hydrogens (primary N) is 2. The van der Waals surface area contributed by atoms with E-state index in [-0.39, 0.29) is 0 Å². The van der Waals surface area contributed by atoms with Gasteiger partial charge in [0.05, 0.1) is 5.54 Å². The van der Waals surface area contributed by atoms with E-state index in [4.69, 9.17) is 11.5 Å². The predicted molar refractivity (Wildman–Crippen MR) is 62.7 cm³/mol. The maximum atomic E-state index is 11.0. The zero-order valence-electron chi connectivity index (χ0n) is 9.51. The lowest BCUT2D eigenvalue weighted by molar-refractivity contribution is -0.122. The molecule has 1 atom stereocenters. The van der Waals surface area contributed by atoms with Crippen LogP contribution < -0.4 is 11.5 Å². The molecular formula is C9H17N5OS. The van der Waals surface area contributed by atoms with E-state index in [2.05, 4.69) is 10.2 Å². The van der Waals surface area contributed by atoms with Crippen LogP contribution in [0.4, 0.5) is 0 Å². The van der Waals surface area contributed by atoms with Gasteiger partial charge in [-0.3, -0.25) is 4.79 Å². The van der Waals surface area contributed by atoms with Gasteiger partial charge in [0.2, 0.25) is 5.91 Å². The topological polar surface area (TPSA) is 99.8 Å². The normalized spacial score (nSPS) is 14.7. The monoisotopic (exact) mass is 243 g/mol. The number of rotatable bonds is 6. The Morgan fingerprint density at radius 2 is 2.38 bits per heavy atom. The molecule has 0 radical (unpaired) electrons. The van der Waals surface area contributed by atoms with Crippen LogP contribution in [0, 0.1) is 0 Å². The minimum atomic E-state index is -0.916. The molecule has 16 heavy (non-hydrogen) atoms. The molecule has 1 amide bonds. The van der Waals surface area contributed by atoms with Gasteiger partial charge in [-0.1, -0.05) is 11.8 Å². The molecule has 0 spiro atoms. The third-order valence-electron chi connectivity index (χ3n) is 2.30. The maximum absolute atomic E-state index is 11.0. The third-order valence-corrected chi connectivity index (χ3v) is 3.42. The SMILES string of the molecule is Cn1cnnc1SCCCC(C)(N)C(N)=O. The summed E-state index contributed by atoms with van der Waals surface area (Å²) in [4.78, 5) is 11.0. The van der Waals surface area contributed by atoms with Gasteiger partial charge in [0.15, 0.2) is 5.16 Å². The number of thioether (sulfide) groups is 1. The third kappa shape index (κ3) is 3.49. The summed E-state index contributed by atoms with van der Waals surface area (Å²) < 4.78 is 1.85. The van der Waals surface area contributed by atoms with Crippen molar-refractivity contribution in [3.05, 3.63) is 6.33 Å². The lowest BCUT2D eigenvalue weighted by atomic mass is 9.97. The van der Waals surface area contributed by atoms with Crippen molar-refractivity contribution in [2.24, 2.45) is 18.5 Å². The van der Waals surface area contributed by atoms with E-state index in [0.29, 0.717) is 6.42 Å². The summed E-state index contributed by atoms with van der Waals surface area (Å²) in [6.07, 6.45) is 3.04. The van der Waals surface area contributed by atoms with E-state index in [1.807, 2.05) is 11.6 Å². The molecule has 0 aliphatic rings. The lowest BCUT2D eigenvalue weighted by Gasteiger charge is -2.19. The predicted octanol–water partition coefficient (Wildman–Crippen LogP) is -0.110. The number of hydrogen-bond acceptors (Lipinski definition) is 5. The van der Waals surface area contributed by atoms with E-state index in [9.17, 15) is 4.79 Å². The van der Waals surface area contributed by atoms with Gasteiger partial charge in [-0.2, -0.15) is 0 Å². The summed E-state index contributed by atoms with van der Waals surface area (Å²) in [7, 11) is 1.89. The number of amides is 1. The number of nitrogens with zero attached hydrogens (tertiary/aromatic N) is 3. The Balaban J connectivity index is 2.27. The molecule has 0 fully saturated rings. The minimum absolute atomic E-state index is 0.462. The quantitative estimate of drug-likeness (QED) is 0.536. The van der Waals surface area contributed by atoms with Crippen molar-refractivity contribution >= 4 is 17.7 Å². The number of aromatic nitrogens is 3. The molecule has 90 valence electrons. The molecule has 6 nitrogen and oxygen atoms in total. The number of primary amides is 1. The maximum Gasteiger partial charge on any atom is 0.237 e. The first-order chi connectivity index (χ1) is 7.43. The van der Waals surface area contributed by atoms with Gasteiger partial charge >= 0.3 is 0 Å². The van der Waals surface area contributed by atoms with E-state index in [1.54, 1.807) is 25.0 Å². The molecule has 1 heterocycles. The first kappa shape index (κ1) is 13.0. The van der Waals surface area contributed by atoms with Crippen LogP contribution in [0.1, 0.15) is 19.8 Å². The Morgan fingerprint density at radius 1 is 1.69 bits per heavy atom. The fraction of sp³-hybridized carbons (Fsp3) is 0.667. The average Bonchev–Trinajstić information content (AvgIpc) is 2.59. The standard InChI is InChI=1S/C9H17N5OS/c1-9(11,7(10)15)4-3-5-16-8-13-12-6-14(8)2/h6H,3-5,11H2,1-2H3,(H2,10,15). The van der Waals surface area contributed by atoms with E-state index >= 15 is 0 Å². The van der Waals surface area contributed by atoms with Crippen LogP contribution in [0.3, 0.4) is 0 Å². The van der Waals surface area contributed by atoms with Crippen molar-refractivity contribution in [3.8, 4) is 0 Å². The first-order valence-corrected chi connectivity index (χ1v) is 5.97. The van der Waals surface area contributed by atoms with Crippen molar-refractivity contribution in [1.82, 2.24) is 14.8 Å². The molecule has 1 rings (SSSR count). The highest BCUT2D eigenvalue weighted by atomic mass is 32.2. The molecular weight excluding hydrogens is 226 g/mol. The second-order valence-corrected chi connectivity index (χ2v) is 5.02. The van der Waals surface area contributed by atoms with E-state index in [0.717, 1.165) is 17.3 Å². The highest BCUT2D eigenvalue weighted by molar-refractivity contribution is 7.99. The average molecular weight is 243 g/mol. The van der Waals surface area contributed by atoms with Gasteiger partial charge in [0.1, 0.15) is 6.33 Å². The van der Waals surface area contributed by atoms with E-state index < -0.39 is 11.4 Å². The summed E-state index contributed by atoms with van der Waals surface area (Å²) in [5, 5.41) is 8.57. The molecule has 0 aromatic carbocycles. The highest BCUT2D eigenvalue weighted by Crippen LogP contribution is 2.17. The number of aryl methyl sites for hydroxylation is 1. The number of hydrogen-bond donors (Lipinski definition) is 2. The van der Waals surface area contributed by atoms with Crippen molar-refractivity contribution in [3.63, 3.8) is 0 Å². The van der Waals surface area contributed by atoms with Crippen LogP contribution in [-0.2, 0) is 11.8 Å². The second kappa shape index (κ2) is 5.31. The number of carbonyl (C=O) groups excluding carboxylic acids is 1. The Morgan fingerprint density at radius 3 is 2.88 bits per heavy atom. The first-order valence-electron chi connectivity index (χ1n) is 4.99. The Hall–Kier alpha value is -1.08. The molecule has 4 N–H and O–H groups in total. The molecule has 0 aliphatic heterocycles. The lowest BCUT2D eigenvalue weighted by Crippen LogP contribution is -2.49. The van der Waals surface area contributed by atoms with Gasteiger partial charge in [-0.25, -0.2) is 0 Å². The molecule has 0 saturated heterocycles. The van der Waals surface area contributed by atoms with Crippen molar-refractivity contribution in [2.45, 2.75) is 30.5 Å². The van der Waals surface area contributed by atoms with Crippen molar-refractivity contribution in [1.29, 1.82) is 0 Å². The smallest absolute Gasteiger partial charge is 0.237 e. The highest BCUT2D eigenvalue weighted by Gasteiger charge is 2.24. The zero-order valence-corrected chi connectivity index (χ0v) is 10.3. The summed E-state index contributed by atoms with van der Waals surface area (Å²) in [5.41, 5.74) is 9.99. The van der Waals surface area contributed by atoms with Crippen molar-refractivity contribution in [2.75, 3.05) is 5.75 Å². The molecule has 1 aromatic heterocycles. The van der Waals surface area contributed by atoms with Gasteiger partial charge in [0.25, 0.3) is 0 Å². The summed E-state index contributed by atoms with van der Waals surface area (Å²) in [6.45, 7) is 1.66. The fourth-order valence-electron chi connectivity index (χ4n) is 1.13. The molecule has 1 aromatic rings. The molecule has 0 aliphatic carbocycles. The molecule has 0 saturated carbocycles. The van der Waals surface area contributed by atoms with E-state index in [1.165, 1.54) is 0 Å².